The summed E-state index contributed by atoms with van der Waals surface area (Å²) in [6, 6.07) is 4.65. The van der Waals surface area contributed by atoms with Gasteiger partial charge in [0, 0.05) is 17.6 Å². The average Bonchev–Trinajstić information content (AvgIpc) is 2.24. The quantitative estimate of drug-likeness (QED) is 0.623. The van der Waals surface area contributed by atoms with Crippen molar-refractivity contribution in [1.82, 2.24) is 5.32 Å². The Hall–Kier alpha value is -1.95. The first kappa shape index (κ1) is 14.1. The molecule has 0 aromatic heterocycles. The highest BCUT2D eigenvalue weighted by molar-refractivity contribution is 5.98. The van der Waals surface area contributed by atoms with Crippen molar-refractivity contribution in [3.05, 3.63) is 39.4 Å². The maximum Gasteiger partial charge on any atom is 0.285 e. The lowest BCUT2D eigenvalue weighted by molar-refractivity contribution is -0.385. The van der Waals surface area contributed by atoms with Crippen LogP contribution in [-0.2, 0) is 0 Å². The minimum absolute atomic E-state index is 0.0595. The van der Waals surface area contributed by atoms with Gasteiger partial charge in [0.15, 0.2) is 0 Å². The molecular weight excluding hydrogens is 234 g/mol. The molecule has 0 saturated carbocycles. The lowest BCUT2D eigenvalue weighted by atomic mass is 10.1. The number of aryl methyl sites for hydroxylation is 1. The summed E-state index contributed by atoms with van der Waals surface area (Å²) in [5.74, 6) is -0.482. The van der Waals surface area contributed by atoms with Crippen molar-refractivity contribution in [2.24, 2.45) is 5.73 Å². The molecule has 0 saturated heterocycles. The van der Waals surface area contributed by atoms with Crippen molar-refractivity contribution in [2.45, 2.75) is 26.3 Å². The van der Waals surface area contributed by atoms with Gasteiger partial charge < -0.3 is 11.1 Å². The van der Waals surface area contributed by atoms with Crippen molar-refractivity contribution in [3.63, 3.8) is 0 Å². The van der Waals surface area contributed by atoms with E-state index in [-0.39, 0.29) is 17.8 Å². The first-order valence-electron chi connectivity index (χ1n) is 5.53. The number of carbonyl (C=O) groups is 1. The molecule has 0 aliphatic rings. The molecule has 1 aromatic rings. The number of nitro groups is 1. The fraction of sp³-hybridized carbons (Fsp3) is 0.417. The zero-order valence-electron chi connectivity index (χ0n) is 10.7. The van der Waals surface area contributed by atoms with E-state index in [1.807, 2.05) is 0 Å². The number of hydrogen-bond acceptors (Lipinski definition) is 4. The number of nitrogens with zero attached hydrogens (tertiary/aromatic N) is 1. The van der Waals surface area contributed by atoms with E-state index in [0.29, 0.717) is 5.56 Å². The highest BCUT2D eigenvalue weighted by Crippen LogP contribution is 2.22. The molecule has 98 valence electrons. The molecule has 0 heterocycles. The monoisotopic (exact) mass is 251 g/mol. The van der Waals surface area contributed by atoms with Crippen LogP contribution in [0.1, 0.15) is 29.8 Å². The van der Waals surface area contributed by atoms with Crippen molar-refractivity contribution < 1.29 is 9.72 Å². The molecule has 0 spiro atoms. The highest BCUT2D eigenvalue weighted by atomic mass is 16.6. The summed E-state index contributed by atoms with van der Waals surface area (Å²) >= 11 is 0. The van der Waals surface area contributed by atoms with Crippen molar-refractivity contribution in [3.8, 4) is 0 Å². The Morgan fingerprint density at radius 2 is 2.11 bits per heavy atom. The van der Waals surface area contributed by atoms with E-state index < -0.39 is 16.4 Å². The topological polar surface area (TPSA) is 98.3 Å². The molecule has 0 bridgehead atoms. The summed E-state index contributed by atoms with van der Waals surface area (Å²) in [5.41, 5.74) is 5.54. The van der Waals surface area contributed by atoms with Crippen LogP contribution in [0.5, 0.6) is 0 Å². The molecular formula is C12H17N3O3. The van der Waals surface area contributed by atoms with Gasteiger partial charge in [-0.25, -0.2) is 0 Å². The largest absolute Gasteiger partial charge is 0.350 e. The molecule has 0 radical (unpaired) electrons. The van der Waals surface area contributed by atoms with Gasteiger partial charge in [-0.15, -0.1) is 0 Å². The van der Waals surface area contributed by atoms with E-state index >= 15 is 0 Å². The minimum atomic E-state index is -0.561. The number of benzene rings is 1. The second-order valence-electron chi connectivity index (χ2n) is 4.90. The van der Waals surface area contributed by atoms with Crippen LogP contribution in [0, 0.1) is 17.0 Å². The Morgan fingerprint density at radius 3 is 2.61 bits per heavy atom. The fourth-order valence-electron chi connectivity index (χ4n) is 1.49. The Morgan fingerprint density at radius 1 is 1.50 bits per heavy atom. The van der Waals surface area contributed by atoms with Crippen LogP contribution in [-0.4, -0.2) is 22.9 Å². The third-order valence-corrected chi connectivity index (χ3v) is 2.37. The Bertz CT molecular complexity index is 478. The van der Waals surface area contributed by atoms with Gasteiger partial charge in [-0.05, 0) is 26.8 Å². The van der Waals surface area contributed by atoms with Gasteiger partial charge in [0.05, 0.1) is 4.92 Å². The molecule has 1 rings (SSSR count). The number of carbonyl (C=O) groups excluding carboxylic acids is 1. The first-order valence-corrected chi connectivity index (χ1v) is 5.53. The van der Waals surface area contributed by atoms with E-state index in [1.54, 1.807) is 32.9 Å². The standard InChI is InChI=1S/C12H17N3O3/c1-8-5-4-6-9(10(8)15(17)18)11(16)14-7-12(2,3)13/h4-6H,7,13H2,1-3H3,(H,14,16). The molecule has 1 aromatic carbocycles. The maximum atomic E-state index is 11.9. The van der Waals surface area contributed by atoms with Crippen LogP contribution in [0.4, 0.5) is 5.69 Å². The zero-order valence-corrected chi connectivity index (χ0v) is 10.7. The Labute approximate surface area is 105 Å². The zero-order chi connectivity index (χ0) is 13.9. The van der Waals surface area contributed by atoms with E-state index in [2.05, 4.69) is 5.32 Å². The third-order valence-electron chi connectivity index (χ3n) is 2.37. The summed E-state index contributed by atoms with van der Waals surface area (Å²) in [7, 11) is 0. The van der Waals surface area contributed by atoms with Gasteiger partial charge in [-0.2, -0.15) is 0 Å². The summed E-state index contributed by atoms with van der Waals surface area (Å²) in [5, 5.41) is 13.5. The fourth-order valence-corrected chi connectivity index (χ4v) is 1.49. The van der Waals surface area contributed by atoms with Gasteiger partial charge in [0.2, 0.25) is 0 Å². The molecule has 0 fully saturated rings. The molecule has 0 aliphatic carbocycles. The summed E-state index contributed by atoms with van der Waals surface area (Å²) < 4.78 is 0. The maximum absolute atomic E-state index is 11.9. The number of para-hydroxylation sites is 1. The molecule has 0 unspecified atom stereocenters. The third kappa shape index (κ3) is 3.53. The smallest absolute Gasteiger partial charge is 0.285 e. The van der Waals surface area contributed by atoms with Crippen LogP contribution in [0.15, 0.2) is 18.2 Å². The van der Waals surface area contributed by atoms with Gasteiger partial charge in [-0.3, -0.25) is 14.9 Å². The first-order chi connectivity index (χ1) is 8.22. The van der Waals surface area contributed by atoms with E-state index in [1.165, 1.54) is 6.07 Å². The van der Waals surface area contributed by atoms with Gasteiger partial charge in [0.25, 0.3) is 11.6 Å². The number of hydrogen-bond donors (Lipinski definition) is 2. The summed E-state index contributed by atoms with van der Waals surface area (Å²) in [4.78, 5) is 22.3. The molecule has 0 atom stereocenters. The predicted molar refractivity (Wildman–Crippen MR) is 68.4 cm³/mol. The SMILES string of the molecule is Cc1cccc(C(=O)NCC(C)(C)N)c1[N+](=O)[O-]. The average molecular weight is 251 g/mol. The lowest BCUT2D eigenvalue weighted by Gasteiger charge is -2.18. The second kappa shape index (κ2) is 5.14. The second-order valence-corrected chi connectivity index (χ2v) is 4.90. The van der Waals surface area contributed by atoms with Crippen molar-refractivity contribution in [1.29, 1.82) is 0 Å². The molecule has 0 aliphatic heterocycles. The van der Waals surface area contributed by atoms with Gasteiger partial charge in [-0.1, -0.05) is 12.1 Å². The number of nitrogens with two attached hydrogens (primary N) is 1. The summed E-state index contributed by atoms with van der Waals surface area (Å²) in [6.07, 6.45) is 0. The predicted octanol–water partition coefficient (Wildman–Crippen LogP) is 1.37. The highest BCUT2D eigenvalue weighted by Gasteiger charge is 2.23. The van der Waals surface area contributed by atoms with Crippen LogP contribution in [0.3, 0.4) is 0 Å². The molecule has 1 amide bonds. The van der Waals surface area contributed by atoms with Crippen molar-refractivity contribution >= 4 is 11.6 Å². The van der Waals surface area contributed by atoms with E-state index in [0.717, 1.165) is 0 Å². The van der Waals surface area contributed by atoms with E-state index in [4.69, 9.17) is 5.73 Å². The van der Waals surface area contributed by atoms with Gasteiger partial charge in [0.1, 0.15) is 5.56 Å². The summed E-state index contributed by atoms with van der Waals surface area (Å²) in [6.45, 7) is 5.37. The number of nitrogens with one attached hydrogen (secondary N) is 1. The van der Waals surface area contributed by atoms with Gasteiger partial charge >= 0.3 is 0 Å². The van der Waals surface area contributed by atoms with Crippen LogP contribution in [0.2, 0.25) is 0 Å². The number of rotatable bonds is 4. The molecule has 18 heavy (non-hydrogen) atoms. The number of amides is 1. The van der Waals surface area contributed by atoms with Crippen LogP contribution < -0.4 is 11.1 Å². The number of nitro benzene ring substituents is 1. The van der Waals surface area contributed by atoms with Crippen LogP contribution in [0.25, 0.3) is 0 Å². The lowest BCUT2D eigenvalue weighted by Crippen LogP contribution is -2.45. The Kier molecular flexibility index (Phi) is 4.03. The molecule has 3 N–H and O–H groups in total. The molecule has 6 heteroatoms. The normalized spacial score (nSPS) is 11.1. The van der Waals surface area contributed by atoms with E-state index in [9.17, 15) is 14.9 Å². The van der Waals surface area contributed by atoms with Crippen LogP contribution >= 0.6 is 0 Å². The minimum Gasteiger partial charge on any atom is -0.350 e. The van der Waals surface area contributed by atoms with Crippen molar-refractivity contribution in [2.75, 3.05) is 6.54 Å². The molecule has 6 nitrogen and oxygen atoms in total. The Balaban J connectivity index is 3.00.